The van der Waals surface area contributed by atoms with E-state index in [2.05, 4.69) is 10.2 Å². The molecule has 70 valence electrons. The molecule has 0 heterocycles. The lowest BCUT2D eigenvalue weighted by Crippen LogP contribution is -2.23. The lowest BCUT2D eigenvalue weighted by atomic mass is 10.1. The Labute approximate surface area is 78.6 Å². The van der Waals surface area contributed by atoms with Gasteiger partial charge in [0, 0.05) is 11.1 Å². The van der Waals surface area contributed by atoms with Crippen LogP contribution in [-0.2, 0) is 4.84 Å². The highest BCUT2D eigenvalue weighted by Crippen LogP contribution is 2.23. The number of fused-ring (bicyclic) bond motifs is 1. The molecule has 0 saturated heterocycles. The normalized spacial score (nSPS) is 15.4. The van der Waals surface area contributed by atoms with E-state index in [4.69, 9.17) is 0 Å². The Hall–Kier alpha value is -2.04. The van der Waals surface area contributed by atoms with E-state index in [0.29, 0.717) is 0 Å². The fourth-order valence-corrected chi connectivity index (χ4v) is 1.45. The minimum absolute atomic E-state index is 0.283. The van der Waals surface area contributed by atoms with Crippen LogP contribution in [0.2, 0.25) is 0 Å². The van der Waals surface area contributed by atoms with Crippen molar-refractivity contribution in [3.8, 4) is 0 Å². The summed E-state index contributed by atoms with van der Waals surface area (Å²) in [5, 5.41) is 2.11. The number of nitrogens with zero attached hydrogens (tertiary/aromatic N) is 1. The van der Waals surface area contributed by atoms with Crippen molar-refractivity contribution >= 4 is 11.6 Å². The zero-order valence-corrected chi connectivity index (χ0v) is 6.97. The summed E-state index contributed by atoms with van der Waals surface area (Å²) in [6, 6.07) is 6.31. The lowest BCUT2D eigenvalue weighted by Gasteiger charge is -1.98. The molecule has 0 aromatic heterocycles. The molecule has 14 heavy (non-hydrogen) atoms. The third-order valence-electron chi connectivity index (χ3n) is 2.08. The Morgan fingerprint density at radius 3 is 2.00 bits per heavy atom. The highest BCUT2D eigenvalue weighted by Gasteiger charge is 2.40. The van der Waals surface area contributed by atoms with Gasteiger partial charge in [-0.1, -0.05) is 24.3 Å². The second-order valence-electron chi connectivity index (χ2n) is 2.83. The molecule has 0 saturated carbocycles. The van der Waals surface area contributed by atoms with Gasteiger partial charge in [-0.05, 0) is 0 Å². The first-order valence-corrected chi connectivity index (χ1v) is 3.91. The molecule has 5 nitrogen and oxygen atoms in total. The first kappa shape index (κ1) is 8.55. The van der Waals surface area contributed by atoms with E-state index in [9.17, 15) is 14.5 Å². The number of ketones is 2. The highest BCUT2D eigenvalue weighted by atomic mass is 16.7. The number of carbonyl (C=O) groups is 2. The predicted octanol–water partition coefficient (Wildman–Crippen LogP) is 1.13. The molecule has 0 bridgehead atoms. The molecule has 0 aliphatic heterocycles. The summed E-state index contributed by atoms with van der Waals surface area (Å²) in [5.74, 6) is -1.02. The summed E-state index contributed by atoms with van der Waals surface area (Å²) in [5.41, 5.74) is 0.567. The average molecular weight is 191 g/mol. The molecule has 0 fully saturated rings. The largest absolute Gasteiger partial charge is 0.344 e. The van der Waals surface area contributed by atoms with E-state index in [-0.39, 0.29) is 11.1 Å². The zero-order valence-electron chi connectivity index (χ0n) is 6.97. The second kappa shape index (κ2) is 3.02. The van der Waals surface area contributed by atoms with Crippen LogP contribution in [0.4, 0.5) is 0 Å². The molecule has 0 atom stereocenters. The first-order chi connectivity index (χ1) is 6.75. The molecule has 1 aromatic carbocycles. The summed E-state index contributed by atoms with van der Waals surface area (Å²) in [7, 11) is 0. The standard InChI is InChI=1S/C9H5NO4/c11-7-5-3-1-2-4-6(5)8(12)9(7)14-10-13/h1-4,9H. The molecule has 5 heteroatoms. The van der Waals surface area contributed by atoms with E-state index < -0.39 is 17.7 Å². The quantitative estimate of drug-likeness (QED) is 0.399. The van der Waals surface area contributed by atoms with Crippen LogP contribution in [-0.4, -0.2) is 17.7 Å². The number of hydrogen-bond donors (Lipinski definition) is 0. The fourth-order valence-electron chi connectivity index (χ4n) is 1.45. The lowest BCUT2D eigenvalue weighted by molar-refractivity contribution is 0.0409. The van der Waals surface area contributed by atoms with Crippen molar-refractivity contribution in [2.24, 2.45) is 5.34 Å². The topological polar surface area (TPSA) is 72.8 Å². The van der Waals surface area contributed by atoms with Gasteiger partial charge in [-0.2, -0.15) is 0 Å². The van der Waals surface area contributed by atoms with Crippen molar-refractivity contribution in [1.82, 2.24) is 0 Å². The summed E-state index contributed by atoms with van der Waals surface area (Å²) >= 11 is 0. The van der Waals surface area contributed by atoms with Crippen molar-refractivity contribution in [1.29, 1.82) is 0 Å². The van der Waals surface area contributed by atoms with Crippen LogP contribution in [0.15, 0.2) is 29.6 Å². The summed E-state index contributed by atoms with van der Waals surface area (Å²) in [6.07, 6.45) is -1.38. The number of benzene rings is 1. The van der Waals surface area contributed by atoms with Gasteiger partial charge in [0.2, 0.25) is 11.6 Å². The number of carbonyl (C=O) groups excluding carboxylic acids is 2. The second-order valence-corrected chi connectivity index (χ2v) is 2.83. The average Bonchev–Trinajstić information content (AvgIpc) is 2.45. The first-order valence-electron chi connectivity index (χ1n) is 3.91. The predicted molar refractivity (Wildman–Crippen MR) is 45.8 cm³/mol. The molecule has 0 unspecified atom stereocenters. The highest BCUT2D eigenvalue weighted by molar-refractivity contribution is 6.28. The molecular formula is C9H5NO4. The Bertz CT molecular complexity index is 392. The molecule has 2 rings (SSSR count). The maximum absolute atomic E-state index is 11.5. The van der Waals surface area contributed by atoms with Crippen molar-refractivity contribution in [2.75, 3.05) is 0 Å². The van der Waals surface area contributed by atoms with E-state index in [1.54, 1.807) is 12.1 Å². The molecule has 0 N–H and O–H groups in total. The third kappa shape index (κ3) is 1.02. The van der Waals surface area contributed by atoms with Crippen molar-refractivity contribution < 1.29 is 14.4 Å². The summed E-state index contributed by atoms with van der Waals surface area (Å²) in [6.45, 7) is 0. The van der Waals surface area contributed by atoms with Gasteiger partial charge in [0.25, 0.3) is 6.10 Å². The minimum atomic E-state index is -1.38. The van der Waals surface area contributed by atoms with Crippen LogP contribution in [0.5, 0.6) is 0 Å². The Morgan fingerprint density at radius 2 is 1.57 bits per heavy atom. The van der Waals surface area contributed by atoms with Gasteiger partial charge in [0.1, 0.15) is 0 Å². The molecule has 0 spiro atoms. The third-order valence-corrected chi connectivity index (χ3v) is 2.08. The molecule has 0 amide bonds. The monoisotopic (exact) mass is 191 g/mol. The van der Waals surface area contributed by atoms with E-state index in [1.165, 1.54) is 12.1 Å². The summed E-state index contributed by atoms with van der Waals surface area (Å²) < 4.78 is 0. The zero-order chi connectivity index (χ0) is 10.1. The minimum Gasteiger partial charge on any atom is -0.344 e. The Balaban J connectivity index is 2.48. The van der Waals surface area contributed by atoms with Crippen molar-refractivity contribution in [3.63, 3.8) is 0 Å². The van der Waals surface area contributed by atoms with Crippen LogP contribution in [0.25, 0.3) is 0 Å². The smallest absolute Gasteiger partial charge is 0.255 e. The molecule has 1 aliphatic carbocycles. The van der Waals surface area contributed by atoms with Gasteiger partial charge in [-0.15, -0.1) is 4.91 Å². The van der Waals surface area contributed by atoms with Crippen LogP contribution in [0, 0.1) is 4.91 Å². The van der Waals surface area contributed by atoms with Gasteiger partial charge in [0.05, 0.1) is 0 Å². The van der Waals surface area contributed by atoms with Crippen LogP contribution >= 0.6 is 0 Å². The maximum atomic E-state index is 11.5. The molecular weight excluding hydrogens is 186 g/mol. The number of rotatable bonds is 2. The van der Waals surface area contributed by atoms with Gasteiger partial charge in [-0.3, -0.25) is 9.59 Å². The van der Waals surface area contributed by atoms with Crippen LogP contribution in [0.1, 0.15) is 20.7 Å². The Morgan fingerprint density at radius 1 is 1.07 bits per heavy atom. The molecule has 1 aromatic rings. The maximum Gasteiger partial charge on any atom is 0.255 e. The van der Waals surface area contributed by atoms with Crippen LogP contribution < -0.4 is 0 Å². The van der Waals surface area contributed by atoms with E-state index >= 15 is 0 Å². The van der Waals surface area contributed by atoms with Crippen LogP contribution in [0.3, 0.4) is 0 Å². The summed E-state index contributed by atoms with van der Waals surface area (Å²) in [4.78, 5) is 36.9. The van der Waals surface area contributed by atoms with Gasteiger partial charge >= 0.3 is 0 Å². The van der Waals surface area contributed by atoms with E-state index in [1.807, 2.05) is 0 Å². The van der Waals surface area contributed by atoms with Crippen molar-refractivity contribution in [3.05, 3.63) is 40.3 Å². The van der Waals surface area contributed by atoms with Gasteiger partial charge in [0.15, 0.2) is 5.34 Å². The van der Waals surface area contributed by atoms with E-state index in [0.717, 1.165) is 0 Å². The fraction of sp³-hybridized carbons (Fsp3) is 0.111. The molecule has 0 radical (unpaired) electrons. The number of hydrogen-bond acceptors (Lipinski definition) is 5. The van der Waals surface area contributed by atoms with Gasteiger partial charge < -0.3 is 4.84 Å². The van der Waals surface area contributed by atoms with Gasteiger partial charge in [-0.25, -0.2) is 0 Å². The number of Topliss-reactive ketones (excluding diaryl/α,β-unsaturated/α-hetero) is 2. The Kier molecular flexibility index (Phi) is 1.85. The SMILES string of the molecule is O=NOC1C(=O)c2ccccc2C1=O. The van der Waals surface area contributed by atoms with Crippen molar-refractivity contribution in [2.45, 2.75) is 6.10 Å². The molecule has 1 aliphatic rings.